The molecule has 1 aromatic heterocycles. The molecular formula is C11H12N2O3. The van der Waals surface area contributed by atoms with Gasteiger partial charge in [-0.25, -0.2) is 4.79 Å². The lowest BCUT2D eigenvalue weighted by Crippen LogP contribution is -2.00. The number of rotatable bonds is 4. The summed E-state index contributed by atoms with van der Waals surface area (Å²) >= 11 is 0. The smallest absolute Gasteiger partial charge is 0.323 e. The van der Waals surface area contributed by atoms with Crippen LogP contribution in [0.15, 0.2) is 23.0 Å². The number of aliphatic carboxylic acids is 1. The quantitative estimate of drug-likeness (QED) is 0.725. The third kappa shape index (κ3) is 2.13. The van der Waals surface area contributed by atoms with Crippen LogP contribution in [0.5, 0.6) is 0 Å². The lowest BCUT2D eigenvalue weighted by molar-refractivity contribution is -0.137. The lowest BCUT2D eigenvalue weighted by atomic mass is 10.1. The zero-order valence-electron chi connectivity index (χ0n) is 8.62. The molecule has 0 saturated heterocycles. The standard InChI is InChI=1S/C11H12N2O3/c14-9(15)6-2-4-7-3-1-5-8-10(7)13-11(16)12-8/h1,3,5H,2,4,6H2,(H,14,15)(H2,12,13,16). The van der Waals surface area contributed by atoms with Crippen LogP contribution in [-0.4, -0.2) is 21.0 Å². The molecule has 5 nitrogen and oxygen atoms in total. The molecule has 0 unspecified atom stereocenters. The number of para-hydroxylation sites is 1. The summed E-state index contributed by atoms with van der Waals surface area (Å²) in [5, 5.41) is 8.54. The zero-order valence-corrected chi connectivity index (χ0v) is 8.62. The van der Waals surface area contributed by atoms with Gasteiger partial charge in [0.05, 0.1) is 11.0 Å². The fraction of sp³-hybridized carbons (Fsp3) is 0.273. The number of hydrogen-bond donors (Lipinski definition) is 3. The maximum atomic E-state index is 11.1. The van der Waals surface area contributed by atoms with E-state index < -0.39 is 5.97 Å². The summed E-state index contributed by atoms with van der Waals surface area (Å²) in [6.07, 6.45) is 1.37. The number of carboxylic acids is 1. The number of H-pyrrole nitrogens is 2. The van der Waals surface area contributed by atoms with Gasteiger partial charge in [0.2, 0.25) is 0 Å². The molecule has 1 heterocycles. The molecule has 2 rings (SSSR count). The fourth-order valence-corrected chi connectivity index (χ4v) is 1.76. The van der Waals surface area contributed by atoms with Crippen LogP contribution in [0.2, 0.25) is 0 Å². The second-order valence-corrected chi connectivity index (χ2v) is 3.67. The first-order valence-corrected chi connectivity index (χ1v) is 5.08. The molecular weight excluding hydrogens is 208 g/mol. The van der Waals surface area contributed by atoms with Crippen molar-refractivity contribution in [2.45, 2.75) is 19.3 Å². The first-order valence-electron chi connectivity index (χ1n) is 5.08. The molecule has 16 heavy (non-hydrogen) atoms. The Bertz CT molecular complexity index is 568. The van der Waals surface area contributed by atoms with E-state index in [0.717, 1.165) is 16.6 Å². The van der Waals surface area contributed by atoms with Crippen molar-refractivity contribution in [3.8, 4) is 0 Å². The van der Waals surface area contributed by atoms with Gasteiger partial charge in [-0.3, -0.25) is 4.79 Å². The van der Waals surface area contributed by atoms with Crippen LogP contribution < -0.4 is 5.69 Å². The Balaban J connectivity index is 2.23. The predicted octanol–water partition coefficient (Wildman–Crippen LogP) is 1.26. The number of fused-ring (bicyclic) bond motifs is 1. The SMILES string of the molecule is O=C(O)CCCc1cccc2[nH]c(=O)[nH]c12. The number of aryl methyl sites for hydroxylation is 1. The van der Waals surface area contributed by atoms with Crippen LogP contribution in [0.25, 0.3) is 11.0 Å². The molecule has 84 valence electrons. The Hall–Kier alpha value is -2.04. The average molecular weight is 220 g/mol. The van der Waals surface area contributed by atoms with Crippen molar-refractivity contribution in [2.75, 3.05) is 0 Å². The van der Waals surface area contributed by atoms with Crippen LogP contribution in [0.1, 0.15) is 18.4 Å². The molecule has 0 atom stereocenters. The Labute approximate surface area is 91.1 Å². The number of nitrogens with one attached hydrogen (secondary N) is 2. The van der Waals surface area contributed by atoms with Crippen molar-refractivity contribution < 1.29 is 9.90 Å². The average Bonchev–Trinajstić information content (AvgIpc) is 2.58. The summed E-state index contributed by atoms with van der Waals surface area (Å²) in [5.74, 6) is -0.797. The van der Waals surface area contributed by atoms with Gasteiger partial charge in [-0.1, -0.05) is 12.1 Å². The second kappa shape index (κ2) is 4.22. The van der Waals surface area contributed by atoms with Crippen LogP contribution in [0.4, 0.5) is 0 Å². The molecule has 3 N–H and O–H groups in total. The van der Waals surface area contributed by atoms with E-state index in [4.69, 9.17) is 5.11 Å². The number of carbonyl (C=O) groups is 1. The summed E-state index contributed by atoms with van der Waals surface area (Å²) in [6.45, 7) is 0. The fourth-order valence-electron chi connectivity index (χ4n) is 1.76. The van der Waals surface area contributed by atoms with Crippen LogP contribution >= 0.6 is 0 Å². The van der Waals surface area contributed by atoms with Gasteiger partial charge < -0.3 is 15.1 Å². The molecule has 0 aliphatic rings. The highest BCUT2D eigenvalue weighted by molar-refractivity contribution is 5.78. The number of aromatic amines is 2. The maximum Gasteiger partial charge on any atom is 0.323 e. The molecule has 0 radical (unpaired) electrons. The number of benzene rings is 1. The first-order chi connectivity index (χ1) is 7.66. The highest BCUT2D eigenvalue weighted by Gasteiger charge is 2.04. The van der Waals surface area contributed by atoms with E-state index >= 15 is 0 Å². The Morgan fingerprint density at radius 1 is 1.31 bits per heavy atom. The summed E-state index contributed by atoms with van der Waals surface area (Å²) in [5.41, 5.74) is 2.27. The van der Waals surface area contributed by atoms with Gasteiger partial charge in [0.1, 0.15) is 0 Å². The molecule has 0 aliphatic heterocycles. The van der Waals surface area contributed by atoms with Crippen molar-refractivity contribution in [1.29, 1.82) is 0 Å². The largest absolute Gasteiger partial charge is 0.481 e. The molecule has 0 saturated carbocycles. The van der Waals surface area contributed by atoms with E-state index in [-0.39, 0.29) is 12.1 Å². The Morgan fingerprint density at radius 3 is 2.88 bits per heavy atom. The van der Waals surface area contributed by atoms with Crippen molar-refractivity contribution >= 4 is 17.0 Å². The van der Waals surface area contributed by atoms with E-state index in [2.05, 4.69) is 9.97 Å². The van der Waals surface area contributed by atoms with E-state index in [0.29, 0.717) is 12.8 Å². The van der Waals surface area contributed by atoms with Crippen molar-refractivity contribution in [2.24, 2.45) is 0 Å². The number of aromatic nitrogens is 2. The minimum Gasteiger partial charge on any atom is -0.481 e. The summed E-state index contributed by atoms with van der Waals surface area (Å²) in [6, 6.07) is 5.56. The zero-order chi connectivity index (χ0) is 11.5. The van der Waals surface area contributed by atoms with Gasteiger partial charge in [-0.05, 0) is 24.5 Å². The third-order valence-electron chi connectivity index (χ3n) is 2.47. The summed E-state index contributed by atoms with van der Waals surface area (Å²) < 4.78 is 0. The second-order valence-electron chi connectivity index (χ2n) is 3.67. The first kappa shape index (κ1) is 10.5. The van der Waals surface area contributed by atoms with Gasteiger partial charge in [0.15, 0.2) is 0 Å². The van der Waals surface area contributed by atoms with Gasteiger partial charge >= 0.3 is 11.7 Å². The van der Waals surface area contributed by atoms with Gasteiger partial charge in [0.25, 0.3) is 0 Å². The van der Waals surface area contributed by atoms with Crippen LogP contribution in [-0.2, 0) is 11.2 Å². The normalized spacial score (nSPS) is 10.8. The van der Waals surface area contributed by atoms with Gasteiger partial charge in [-0.15, -0.1) is 0 Å². The number of imidazole rings is 1. The number of hydrogen-bond acceptors (Lipinski definition) is 2. The molecule has 5 heteroatoms. The summed E-state index contributed by atoms with van der Waals surface area (Å²) in [4.78, 5) is 26.9. The molecule has 0 fully saturated rings. The van der Waals surface area contributed by atoms with Crippen LogP contribution in [0.3, 0.4) is 0 Å². The van der Waals surface area contributed by atoms with Crippen molar-refractivity contribution in [3.05, 3.63) is 34.2 Å². The van der Waals surface area contributed by atoms with E-state index in [1.807, 2.05) is 18.2 Å². The minimum absolute atomic E-state index is 0.144. The molecule has 2 aromatic rings. The van der Waals surface area contributed by atoms with E-state index in [1.54, 1.807) is 0 Å². The van der Waals surface area contributed by atoms with Crippen molar-refractivity contribution in [3.63, 3.8) is 0 Å². The lowest BCUT2D eigenvalue weighted by Gasteiger charge is -2.00. The molecule has 0 spiro atoms. The molecule has 0 amide bonds. The topological polar surface area (TPSA) is 85.9 Å². The molecule has 0 bridgehead atoms. The van der Waals surface area contributed by atoms with Gasteiger partial charge in [-0.2, -0.15) is 0 Å². The molecule has 1 aromatic carbocycles. The summed E-state index contributed by atoms with van der Waals surface area (Å²) in [7, 11) is 0. The monoisotopic (exact) mass is 220 g/mol. The highest BCUT2D eigenvalue weighted by atomic mass is 16.4. The minimum atomic E-state index is -0.797. The maximum absolute atomic E-state index is 11.1. The van der Waals surface area contributed by atoms with Crippen LogP contribution in [0, 0.1) is 0 Å². The Kier molecular flexibility index (Phi) is 2.76. The third-order valence-corrected chi connectivity index (χ3v) is 2.47. The number of carboxylic acid groups (broad SMARTS) is 1. The van der Waals surface area contributed by atoms with E-state index in [9.17, 15) is 9.59 Å². The van der Waals surface area contributed by atoms with E-state index in [1.165, 1.54) is 0 Å². The predicted molar refractivity (Wildman–Crippen MR) is 59.5 cm³/mol. The van der Waals surface area contributed by atoms with Crippen molar-refractivity contribution in [1.82, 2.24) is 9.97 Å². The highest BCUT2D eigenvalue weighted by Crippen LogP contribution is 2.15. The van der Waals surface area contributed by atoms with Gasteiger partial charge in [0, 0.05) is 6.42 Å². The Morgan fingerprint density at radius 2 is 2.12 bits per heavy atom. The molecule has 0 aliphatic carbocycles.